The molecule has 5 nitrogen and oxygen atoms in total. The largest absolute Gasteiger partial charge is 0.474 e. The van der Waals surface area contributed by atoms with E-state index in [1.54, 1.807) is 0 Å². The average Bonchev–Trinajstić information content (AvgIpc) is 2.79. The summed E-state index contributed by atoms with van der Waals surface area (Å²) in [6.45, 7) is 6.86. The van der Waals surface area contributed by atoms with Gasteiger partial charge >= 0.3 is 0 Å². The zero-order valence-electron chi connectivity index (χ0n) is 9.61. The van der Waals surface area contributed by atoms with Gasteiger partial charge in [0.15, 0.2) is 0 Å². The van der Waals surface area contributed by atoms with Gasteiger partial charge in [-0.1, -0.05) is 13.3 Å². The third-order valence-electron chi connectivity index (χ3n) is 2.60. The molecule has 90 valence electrons. The molecule has 0 aromatic carbocycles. The summed E-state index contributed by atoms with van der Waals surface area (Å²) in [6, 6.07) is 0. The first kappa shape index (κ1) is 11.6. The molecule has 16 heavy (non-hydrogen) atoms. The Balaban J connectivity index is 1.94. The number of hydrogen-bond donors (Lipinski definition) is 1. The van der Waals surface area contributed by atoms with Crippen LogP contribution in [0.2, 0.25) is 0 Å². The topological polar surface area (TPSA) is 50.3 Å². The summed E-state index contributed by atoms with van der Waals surface area (Å²) in [4.78, 5) is 2.24. The number of nitrogens with zero attached hydrogens (tertiary/aromatic N) is 3. The molecule has 0 unspecified atom stereocenters. The van der Waals surface area contributed by atoms with Crippen molar-refractivity contribution in [2.45, 2.75) is 19.8 Å². The fourth-order valence-electron chi connectivity index (χ4n) is 1.65. The standard InChI is InChI=1S/C10H18N4OS/c1-2-3-8-15-10-9(12-16-13-10)14-6-4-11-5-7-14/h11H,2-8H2,1H3. The first-order valence-corrected chi connectivity index (χ1v) is 6.56. The molecule has 0 spiro atoms. The zero-order chi connectivity index (χ0) is 11.2. The van der Waals surface area contributed by atoms with E-state index in [0.29, 0.717) is 5.88 Å². The Kier molecular flexibility index (Phi) is 4.35. The maximum absolute atomic E-state index is 5.65. The highest BCUT2D eigenvalue weighted by molar-refractivity contribution is 6.99. The molecule has 1 saturated heterocycles. The average molecular weight is 242 g/mol. The smallest absolute Gasteiger partial charge is 0.270 e. The van der Waals surface area contributed by atoms with Gasteiger partial charge in [-0.3, -0.25) is 0 Å². The second-order valence-corrected chi connectivity index (χ2v) is 4.36. The van der Waals surface area contributed by atoms with E-state index in [0.717, 1.165) is 51.4 Å². The molecule has 0 bridgehead atoms. The van der Waals surface area contributed by atoms with E-state index < -0.39 is 0 Å². The molecule has 2 rings (SSSR count). The van der Waals surface area contributed by atoms with Gasteiger partial charge in [-0.2, -0.15) is 4.37 Å². The number of anilines is 1. The van der Waals surface area contributed by atoms with E-state index >= 15 is 0 Å². The highest BCUT2D eigenvalue weighted by Crippen LogP contribution is 2.25. The normalized spacial score (nSPS) is 16.4. The van der Waals surface area contributed by atoms with Gasteiger partial charge < -0.3 is 15.0 Å². The molecule has 1 fully saturated rings. The molecule has 2 heterocycles. The summed E-state index contributed by atoms with van der Waals surface area (Å²) in [5, 5.41) is 3.32. The quantitative estimate of drug-likeness (QED) is 0.784. The van der Waals surface area contributed by atoms with Gasteiger partial charge in [0.2, 0.25) is 5.82 Å². The number of ether oxygens (including phenoxy) is 1. The van der Waals surface area contributed by atoms with E-state index in [2.05, 4.69) is 25.9 Å². The minimum Gasteiger partial charge on any atom is -0.474 e. The van der Waals surface area contributed by atoms with Gasteiger partial charge in [-0.25, -0.2) is 0 Å². The van der Waals surface area contributed by atoms with Crippen molar-refractivity contribution in [3.05, 3.63) is 0 Å². The number of rotatable bonds is 5. The van der Waals surface area contributed by atoms with Crippen molar-refractivity contribution in [1.82, 2.24) is 14.1 Å². The minimum atomic E-state index is 0.709. The van der Waals surface area contributed by atoms with Gasteiger partial charge in [0.25, 0.3) is 5.88 Å². The number of hydrogen-bond acceptors (Lipinski definition) is 6. The number of nitrogens with one attached hydrogen (secondary N) is 1. The molecular weight excluding hydrogens is 224 g/mol. The summed E-state index contributed by atoms with van der Waals surface area (Å²) >= 11 is 1.23. The van der Waals surface area contributed by atoms with Gasteiger partial charge in [0, 0.05) is 26.2 Å². The molecule has 0 radical (unpaired) electrons. The first-order valence-electron chi connectivity index (χ1n) is 5.83. The monoisotopic (exact) mass is 242 g/mol. The summed E-state index contributed by atoms with van der Waals surface area (Å²) in [5.74, 6) is 1.63. The summed E-state index contributed by atoms with van der Waals surface area (Å²) < 4.78 is 14.2. The van der Waals surface area contributed by atoms with Gasteiger partial charge in [-0.15, -0.1) is 4.37 Å². The van der Waals surface area contributed by atoms with Crippen molar-refractivity contribution >= 4 is 17.5 Å². The van der Waals surface area contributed by atoms with Crippen molar-refractivity contribution < 1.29 is 4.74 Å². The highest BCUT2D eigenvalue weighted by atomic mass is 32.1. The van der Waals surface area contributed by atoms with Gasteiger partial charge in [0.05, 0.1) is 18.3 Å². The lowest BCUT2D eigenvalue weighted by molar-refractivity contribution is 0.300. The van der Waals surface area contributed by atoms with Crippen LogP contribution in [0.25, 0.3) is 0 Å². The van der Waals surface area contributed by atoms with Crippen LogP contribution in [0.1, 0.15) is 19.8 Å². The molecule has 1 aromatic heterocycles. The van der Waals surface area contributed by atoms with E-state index in [9.17, 15) is 0 Å². The van der Waals surface area contributed by atoms with Crippen molar-refractivity contribution in [1.29, 1.82) is 0 Å². The van der Waals surface area contributed by atoms with E-state index in [4.69, 9.17) is 4.74 Å². The molecule has 0 atom stereocenters. The maximum Gasteiger partial charge on any atom is 0.270 e. The number of piperazine rings is 1. The van der Waals surface area contributed by atoms with Crippen LogP contribution in [-0.4, -0.2) is 41.5 Å². The number of unbranched alkanes of at least 4 members (excludes halogenated alkanes) is 1. The van der Waals surface area contributed by atoms with Crippen molar-refractivity contribution in [3.8, 4) is 5.88 Å². The van der Waals surface area contributed by atoms with Crippen LogP contribution in [0.4, 0.5) is 5.82 Å². The Morgan fingerprint density at radius 1 is 1.38 bits per heavy atom. The molecule has 0 aliphatic carbocycles. The number of aromatic nitrogens is 2. The van der Waals surface area contributed by atoms with E-state index in [1.807, 2.05) is 0 Å². The van der Waals surface area contributed by atoms with Crippen molar-refractivity contribution in [3.63, 3.8) is 0 Å². The Morgan fingerprint density at radius 3 is 2.94 bits per heavy atom. The molecule has 1 aliphatic rings. The second-order valence-electron chi connectivity index (χ2n) is 3.83. The Morgan fingerprint density at radius 2 is 2.19 bits per heavy atom. The highest BCUT2D eigenvalue weighted by Gasteiger charge is 2.18. The van der Waals surface area contributed by atoms with Crippen LogP contribution in [0.15, 0.2) is 0 Å². The van der Waals surface area contributed by atoms with Crippen molar-refractivity contribution in [2.24, 2.45) is 0 Å². The van der Waals surface area contributed by atoms with Gasteiger partial charge in [-0.05, 0) is 6.42 Å². The van der Waals surface area contributed by atoms with Crippen LogP contribution >= 0.6 is 11.7 Å². The summed E-state index contributed by atoms with van der Waals surface area (Å²) in [7, 11) is 0. The lowest BCUT2D eigenvalue weighted by Gasteiger charge is -2.27. The molecule has 1 N–H and O–H groups in total. The lowest BCUT2D eigenvalue weighted by atomic mass is 10.3. The third-order valence-corrected chi connectivity index (χ3v) is 3.10. The summed E-state index contributed by atoms with van der Waals surface area (Å²) in [6.07, 6.45) is 2.21. The Labute approximate surface area is 100 Å². The lowest BCUT2D eigenvalue weighted by Crippen LogP contribution is -2.43. The molecular formula is C10H18N4OS. The first-order chi connectivity index (χ1) is 7.92. The zero-order valence-corrected chi connectivity index (χ0v) is 10.4. The second kappa shape index (κ2) is 6.00. The Hall–Kier alpha value is -0.880. The SMILES string of the molecule is CCCCOc1nsnc1N1CCNCC1. The fraction of sp³-hybridized carbons (Fsp3) is 0.800. The van der Waals surface area contributed by atoms with E-state index in [1.165, 1.54) is 11.7 Å². The predicted octanol–water partition coefficient (Wildman–Crippen LogP) is 1.13. The van der Waals surface area contributed by atoms with Crippen molar-refractivity contribution in [2.75, 3.05) is 37.7 Å². The molecule has 1 aliphatic heterocycles. The third kappa shape index (κ3) is 2.82. The minimum absolute atomic E-state index is 0.709. The molecule has 1 aromatic rings. The van der Waals surface area contributed by atoms with Gasteiger partial charge in [0.1, 0.15) is 0 Å². The van der Waals surface area contributed by atoms with Crippen LogP contribution < -0.4 is 15.0 Å². The van der Waals surface area contributed by atoms with Crippen LogP contribution in [-0.2, 0) is 0 Å². The fourth-order valence-corrected chi connectivity index (χ4v) is 2.17. The Bertz CT molecular complexity index is 312. The van der Waals surface area contributed by atoms with Crippen LogP contribution in [0.3, 0.4) is 0 Å². The summed E-state index contributed by atoms with van der Waals surface area (Å²) in [5.41, 5.74) is 0. The molecule has 6 heteroatoms. The molecule has 0 amide bonds. The maximum atomic E-state index is 5.65. The predicted molar refractivity (Wildman–Crippen MR) is 65.4 cm³/mol. The molecule has 0 saturated carbocycles. The van der Waals surface area contributed by atoms with Crippen LogP contribution in [0, 0.1) is 0 Å². The van der Waals surface area contributed by atoms with E-state index in [-0.39, 0.29) is 0 Å². The van der Waals surface area contributed by atoms with Crippen LogP contribution in [0.5, 0.6) is 5.88 Å².